The molecule has 0 saturated carbocycles. The van der Waals surface area contributed by atoms with Crippen LogP contribution in [0.4, 0.5) is 0 Å². The van der Waals surface area contributed by atoms with E-state index in [0.29, 0.717) is 72.1 Å². The number of aromatic amines is 1. The van der Waals surface area contributed by atoms with Crippen LogP contribution in [0.3, 0.4) is 0 Å². The number of nitrogens with zero attached hydrogens (tertiary/aromatic N) is 3. The third-order valence-electron chi connectivity index (χ3n) is 24.5. The number of likely N-dealkylation sites (tertiary alicyclic amines) is 3. The van der Waals surface area contributed by atoms with Gasteiger partial charge in [-0.3, -0.25) is 115 Å². The number of para-hydroxylation sites is 1. The number of unbranched alkanes of at least 4 members (excludes halogenated alkanes) is 4. The Bertz CT molecular complexity index is 5430. The number of carboxylic acids is 6. The third kappa shape index (κ3) is 38.7. The van der Waals surface area contributed by atoms with E-state index >= 15 is 0 Å². The summed E-state index contributed by atoms with van der Waals surface area (Å²) in [6.07, 6.45) is 0.0161. The van der Waals surface area contributed by atoms with Crippen LogP contribution in [0.15, 0.2) is 85.1 Å². The Hall–Kier alpha value is -15.1. The van der Waals surface area contributed by atoms with Crippen LogP contribution < -0.4 is 80.2 Å². The molecule has 148 heavy (non-hydrogen) atoms. The predicted molar refractivity (Wildman–Crippen MR) is 526 cm³/mol. The van der Waals surface area contributed by atoms with E-state index in [4.69, 9.17) is 5.73 Å². The maximum atomic E-state index is 14.6. The number of aliphatic hydroxyl groups excluding tert-OH is 1. The SMILES string of the molecule is CSCC[C@H](NC(C)=O)C(=O)N[C@@H](Cc1c[nH]c2ccccc12)C(=O)N[C@@H](CC(=O)O)C(=O)N[C@@H](Cc1ccccc1)C(=O)N[C@@H](CC(=O)O)C(=O)N[C@@H](CC(=O)O)C(=O)NCCCCCCCC(=O)N[C@@H](CCSC)C(=O)N1CCC[C@H]1C(=O)N1CCC[C@H]1C(=O)N[C@@H](C)C(=O)N[C@@H](CC(=O)O)C(=O)N[C@@H](CCC(=O)O)C(=O)N[C@@H](CC(=O)O)C(=O)N[C@@H](Cc1ccc(O)cc1)C(=O)N[C@@H](CO)C(=O)N1CCC[C@H]1C(N)=O. The molecule has 0 spiro atoms. The van der Waals surface area contributed by atoms with Crippen molar-refractivity contribution in [1.29, 1.82) is 0 Å². The molecule has 3 aromatic carbocycles. The summed E-state index contributed by atoms with van der Waals surface area (Å²) in [6, 6.07) is -6.47. The van der Waals surface area contributed by atoms with Crippen molar-refractivity contribution in [1.82, 2.24) is 94.1 Å². The molecule has 53 heteroatoms. The van der Waals surface area contributed by atoms with Crippen LogP contribution in [0.25, 0.3) is 10.9 Å². The lowest BCUT2D eigenvalue weighted by molar-refractivity contribution is -0.148. The van der Waals surface area contributed by atoms with E-state index in [0.717, 1.165) is 11.8 Å². The number of fused-ring (bicyclic) bond motifs is 1. The molecule has 3 saturated heterocycles. The quantitative estimate of drug-likeness (QED) is 0.0187. The number of amides is 18. The molecule has 16 atom stereocenters. The topological polar surface area (TPSA) is 791 Å². The molecule has 1 aromatic heterocycles. The van der Waals surface area contributed by atoms with E-state index in [1.165, 1.54) is 76.6 Å². The molecule has 0 bridgehead atoms. The summed E-state index contributed by atoms with van der Waals surface area (Å²) in [5, 5.41) is 114. The third-order valence-corrected chi connectivity index (χ3v) is 25.8. The monoisotopic (exact) mass is 2110 g/mol. The van der Waals surface area contributed by atoms with Crippen molar-refractivity contribution in [3.05, 3.63) is 102 Å². The van der Waals surface area contributed by atoms with Crippen molar-refractivity contribution in [3.8, 4) is 5.75 Å². The number of carbonyl (C=O) groups is 24. The van der Waals surface area contributed by atoms with Gasteiger partial charge in [0.2, 0.25) is 106 Å². The maximum absolute atomic E-state index is 14.6. The fourth-order valence-corrected chi connectivity index (χ4v) is 17.9. The van der Waals surface area contributed by atoms with E-state index in [9.17, 15) is 156 Å². The highest BCUT2D eigenvalue weighted by Gasteiger charge is 2.47. The molecule has 51 nitrogen and oxygen atoms in total. The Balaban J connectivity index is 0.907. The molecule has 808 valence electrons. The smallest absolute Gasteiger partial charge is 0.305 e. The Morgan fingerprint density at radius 2 is 0.784 bits per heavy atom. The molecule has 0 unspecified atom stereocenters. The Kier molecular flexibility index (Phi) is 48.7. The van der Waals surface area contributed by atoms with Gasteiger partial charge in [-0.25, -0.2) is 0 Å². The van der Waals surface area contributed by atoms with Gasteiger partial charge in [0.1, 0.15) is 102 Å². The highest BCUT2D eigenvalue weighted by Crippen LogP contribution is 2.28. The van der Waals surface area contributed by atoms with Crippen LogP contribution in [0.5, 0.6) is 5.75 Å². The van der Waals surface area contributed by atoms with Crippen LogP contribution >= 0.6 is 23.5 Å². The lowest BCUT2D eigenvalue weighted by Gasteiger charge is -2.33. The predicted octanol–water partition coefficient (Wildman–Crippen LogP) is -4.10. The van der Waals surface area contributed by atoms with Crippen LogP contribution in [-0.2, 0) is 134 Å². The summed E-state index contributed by atoms with van der Waals surface area (Å²) in [5.74, 6) is -27.6. The zero-order chi connectivity index (χ0) is 109. The summed E-state index contributed by atoms with van der Waals surface area (Å²) >= 11 is 2.76. The first-order chi connectivity index (χ1) is 70.3. The molecular formula is C95H129N19O32S2. The van der Waals surface area contributed by atoms with Crippen molar-refractivity contribution in [2.45, 2.75) is 265 Å². The van der Waals surface area contributed by atoms with Gasteiger partial charge in [0.15, 0.2) is 0 Å². The minimum atomic E-state index is -2.17. The number of thioether (sulfide) groups is 2. The van der Waals surface area contributed by atoms with Gasteiger partial charge in [0.25, 0.3) is 0 Å². The zero-order valence-corrected chi connectivity index (χ0v) is 83.5. The number of hydrogen-bond donors (Lipinski definition) is 24. The van der Waals surface area contributed by atoms with Gasteiger partial charge >= 0.3 is 35.8 Å². The summed E-state index contributed by atoms with van der Waals surface area (Å²) in [7, 11) is 0. The minimum Gasteiger partial charge on any atom is -0.508 e. The average molecular weight is 2110 g/mol. The van der Waals surface area contributed by atoms with Gasteiger partial charge in [0, 0.05) is 82.3 Å². The molecule has 0 radical (unpaired) electrons. The number of nitrogens with one attached hydrogen (secondary N) is 15. The van der Waals surface area contributed by atoms with Gasteiger partial charge in [-0.15, -0.1) is 0 Å². The van der Waals surface area contributed by atoms with E-state index in [2.05, 4.69) is 79.4 Å². The number of aromatic nitrogens is 1. The number of aliphatic hydroxyl groups is 1. The van der Waals surface area contributed by atoms with Crippen molar-refractivity contribution in [3.63, 3.8) is 0 Å². The number of primary amides is 1. The molecular weight excluding hydrogens is 1980 g/mol. The van der Waals surface area contributed by atoms with Crippen LogP contribution in [-0.4, -0.2) is 356 Å². The molecule has 4 aromatic rings. The Labute approximate surface area is 857 Å². The first kappa shape index (κ1) is 120. The largest absolute Gasteiger partial charge is 0.508 e. The minimum absolute atomic E-state index is 0.0108. The molecule has 18 amide bonds. The Morgan fingerprint density at radius 1 is 0.392 bits per heavy atom. The molecule has 3 aliphatic rings. The number of rotatable bonds is 63. The molecule has 3 aliphatic heterocycles. The van der Waals surface area contributed by atoms with E-state index in [1.54, 1.807) is 61.2 Å². The summed E-state index contributed by atoms with van der Waals surface area (Å²) in [4.78, 5) is 330. The first-order valence-electron chi connectivity index (χ1n) is 48.0. The number of benzene rings is 3. The average Bonchev–Trinajstić information content (AvgIpc) is 1.66. The lowest BCUT2D eigenvalue weighted by atomic mass is 10.0. The normalized spacial score (nSPS) is 16.8. The number of hydrogen-bond acceptors (Lipinski definition) is 28. The molecule has 3 fully saturated rings. The van der Waals surface area contributed by atoms with Gasteiger partial charge in [-0.05, 0) is 136 Å². The number of phenolic OH excluding ortho intramolecular Hbond substituents is 1. The van der Waals surface area contributed by atoms with Gasteiger partial charge < -0.3 is 141 Å². The van der Waals surface area contributed by atoms with Gasteiger partial charge in [-0.2, -0.15) is 23.5 Å². The van der Waals surface area contributed by atoms with Crippen molar-refractivity contribution >= 4 is 177 Å². The number of H-pyrrole nitrogens is 1. The maximum Gasteiger partial charge on any atom is 0.305 e. The van der Waals surface area contributed by atoms with Crippen molar-refractivity contribution < 1.29 is 156 Å². The second-order valence-corrected chi connectivity index (χ2v) is 37.8. The summed E-state index contributed by atoms with van der Waals surface area (Å²) in [6.45, 7) is 1.34. The zero-order valence-electron chi connectivity index (χ0n) is 81.9. The second kappa shape index (κ2) is 60.1. The second-order valence-electron chi connectivity index (χ2n) is 35.8. The molecule has 25 N–H and O–H groups in total. The highest BCUT2D eigenvalue weighted by molar-refractivity contribution is 7.98. The van der Waals surface area contributed by atoms with Gasteiger partial charge in [-0.1, -0.05) is 79.9 Å². The number of phenols is 1. The number of aromatic hydroxyl groups is 1. The number of aliphatic carboxylic acids is 6. The first-order valence-corrected chi connectivity index (χ1v) is 50.7. The molecule has 4 heterocycles. The number of carboxylic acid groups (broad SMARTS) is 6. The molecule has 0 aliphatic carbocycles. The van der Waals surface area contributed by atoms with E-state index < -0.39 is 303 Å². The number of nitrogens with two attached hydrogens (primary N) is 1. The summed E-state index contributed by atoms with van der Waals surface area (Å²) in [5.41, 5.74) is 7.27. The van der Waals surface area contributed by atoms with Crippen molar-refractivity contribution in [2.24, 2.45) is 5.73 Å². The van der Waals surface area contributed by atoms with E-state index in [-0.39, 0.29) is 95.3 Å². The molecule has 7 rings (SSSR count). The standard InChI is InChI=1S/C95H129N19O32S2/c1-50(81(132)103-65(44-76(123)124)88(139)102-58(30-31-74(119)120)83(134)108-66(45-77(125)126)89(140)105-62(41-53-26-28-55(117)29-27-53)86(137)111-69(49-115)94(145)112-35-15-22-70(112)80(96)131)99-92(143)71-23-16-36-113(71)95(146)72-24-17-37-114(72)93(144)60(33-39-148-4)101-73(118)25-11-6-5-7-14-34-97-82(133)64(43-75(121)122)107-91(142)68(47-79(129)130)109-85(136)61(40-52-18-9-8-10-19-52)104-90(141)67(46-78(127)128)110-87(138)63(42-54-48-98-57-21-13-12-20-56(54)57)106-84(135)59(32-38-147-3)100-51(2)116/h8-10,12-13,18-21,26-29,48,50,58-72,98,115,117H,5-7,11,14-17,22-25,30-47,49H2,1-4H3,(H2,96,131)(H,97,133)(H,99,143)(H,100,116)(H,101,118)(H,102,139)(H,103,132)(H,104,141)(H,105,140)(H,106,135)(H,107,142)(H,108,134)(H,109,136)(H,110,138)(H,111,137)(H,119,120)(H,121,122)(H,123,124)(H,125,126)(H,127,128)(H,129,130)/t50-,58-,59-,60-,61-,62-,63-,64-,65-,66-,67-,68-,69-,70-,71-,72-/m0/s1. The summed E-state index contributed by atoms with van der Waals surface area (Å²) < 4.78 is 0. The van der Waals surface area contributed by atoms with Gasteiger partial charge in [0.05, 0.1) is 38.7 Å². The van der Waals surface area contributed by atoms with Crippen LogP contribution in [0, 0.1) is 0 Å². The fraction of sp³-hybridized carbons (Fsp3) is 0.537. The lowest BCUT2D eigenvalue weighted by Crippen LogP contribution is -2.61. The fourth-order valence-electron chi connectivity index (χ4n) is 16.9. The van der Waals surface area contributed by atoms with Crippen LogP contribution in [0.1, 0.15) is 165 Å². The van der Waals surface area contributed by atoms with E-state index in [1.807, 2.05) is 0 Å². The highest BCUT2D eigenvalue weighted by atomic mass is 32.2. The van der Waals surface area contributed by atoms with Crippen molar-refractivity contribution in [2.75, 3.05) is 56.8 Å². The Morgan fingerprint density at radius 3 is 1.27 bits per heavy atom. The van der Waals surface area contributed by atoms with Crippen LogP contribution in [0.2, 0.25) is 0 Å². The number of carbonyl (C=O) groups excluding carboxylic acids is 18.